The lowest BCUT2D eigenvalue weighted by Gasteiger charge is -2.09. The SMILES string of the molecule is O=C(NCc1ccc(Cl)cc1)c1cccc(Nc2ccc(-c3cccc(F)c3)nn2)c1. The first-order valence-corrected chi connectivity index (χ1v) is 9.94. The molecule has 0 unspecified atom stereocenters. The van der Waals surface area contributed by atoms with Gasteiger partial charge in [0.05, 0.1) is 5.69 Å². The number of amides is 1. The average molecular weight is 433 g/mol. The van der Waals surface area contributed by atoms with E-state index in [1.165, 1.54) is 12.1 Å². The summed E-state index contributed by atoms with van der Waals surface area (Å²) < 4.78 is 13.4. The zero-order valence-corrected chi connectivity index (χ0v) is 17.1. The highest BCUT2D eigenvalue weighted by molar-refractivity contribution is 6.30. The summed E-state index contributed by atoms with van der Waals surface area (Å²) in [6, 6.07) is 24.1. The Morgan fingerprint density at radius 3 is 2.45 bits per heavy atom. The maximum Gasteiger partial charge on any atom is 0.251 e. The van der Waals surface area contributed by atoms with Crippen LogP contribution < -0.4 is 10.6 Å². The fourth-order valence-electron chi connectivity index (χ4n) is 2.97. The van der Waals surface area contributed by atoms with Crippen molar-refractivity contribution in [2.75, 3.05) is 5.32 Å². The van der Waals surface area contributed by atoms with Crippen LogP contribution in [0.3, 0.4) is 0 Å². The largest absolute Gasteiger partial charge is 0.348 e. The Hall–Kier alpha value is -3.77. The van der Waals surface area contributed by atoms with Crippen molar-refractivity contribution in [2.24, 2.45) is 0 Å². The molecule has 0 atom stereocenters. The molecular formula is C24H18ClFN4O. The quantitative estimate of drug-likeness (QED) is 0.415. The molecule has 7 heteroatoms. The molecule has 4 aromatic rings. The minimum Gasteiger partial charge on any atom is -0.348 e. The predicted molar refractivity (Wildman–Crippen MR) is 120 cm³/mol. The molecule has 0 spiro atoms. The van der Waals surface area contributed by atoms with Crippen LogP contribution in [0.25, 0.3) is 11.3 Å². The Labute approximate surface area is 183 Å². The molecule has 1 aromatic heterocycles. The fourth-order valence-corrected chi connectivity index (χ4v) is 3.10. The lowest BCUT2D eigenvalue weighted by atomic mass is 10.1. The number of carbonyl (C=O) groups is 1. The molecule has 1 amide bonds. The van der Waals surface area contributed by atoms with Crippen molar-refractivity contribution in [3.8, 4) is 11.3 Å². The van der Waals surface area contributed by atoms with Crippen LogP contribution in [0, 0.1) is 5.82 Å². The molecule has 1 heterocycles. The molecule has 0 fully saturated rings. The number of nitrogens with zero attached hydrogens (tertiary/aromatic N) is 2. The molecule has 0 aliphatic carbocycles. The van der Waals surface area contributed by atoms with Gasteiger partial charge in [-0.1, -0.05) is 41.9 Å². The predicted octanol–water partition coefficient (Wildman–Crippen LogP) is 5.61. The summed E-state index contributed by atoms with van der Waals surface area (Å²) in [6.45, 7) is 0.403. The highest BCUT2D eigenvalue weighted by Gasteiger charge is 2.08. The van der Waals surface area contributed by atoms with Gasteiger partial charge in [-0.25, -0.2) is 4.39 Å². The van der Waals surface area contributed by atoms with Gasteiger partial charge in [-0.2, -0.15) is 0 Å². The third-order valence-corrected chi connectivity index (χ3v) is 4.80. The number of halogens is 2. The summed E-state index contributed by atoms with van der Waals surface area (Å²) in [5, 5.41) is 15.0. The summed E-state index contributed by atoms with van der Waals surface area (Å²) in [7, 11) is 0. The monoisotopic (exact) mass is 432 g/mol. The number of carbonyl (C=O) groups excluding carboxylic acids is 1. The van der Waals surface area contributed by atoms with E-state index in [0.717, 1.165) is 5.56 Å². The molecule has 154 valence electrons. The lowest BCUT2D eigenvalue weighted by molar-refractivity contribution is 0.0951. The number of aromatic nitrogens is 2. The Bertz CT molecular complexity index is 1200. The van der Waals surface area contributed by atoms with Gasteiger partial charge in [0.15, 0.2) is 5.82 Å². The van der Waals surface area contributed by atoms with Crippen LogP contribution in [0.1, 0.15) is 15.9 Å². The van der Waals surface area contributed by atoms with E-state index < -0.39 is 0 Å². The van der Waals surface area contributed by atoms with Crippen LogP contribution in [-0.4, -0.2) is 16.1 Å². The summed E-state index contributed by atoms with van der Waals surface area (Å²) in [4.78, 5) is 12.5. The van der Waals surface area contributed by atoms with E-state index in [1.807, 2.05) is 18.2 Å². The van der Waals surface area contributed by atoms with Crippen molar-refractivity contribution in [1.82, 2.24) is 15.5 Å². The molecule has 0 radical (unpaired) electrons. The number of hydrogen-bond donors (Lipinski definition) is 2. The normalized spacial score (nSPS) is 10.5. The second-order valence-corrected chi connectivity index (χ2v) is 7.27. The molecule has 5 nitrogen and oxygen atoms in total. The van der Waals surface area contributed by atoms with Gasteiger partial charge in [0, 0.05) is 28.4 Å². The molecule has 0 saturated carbocycles. The van der Waals surface area contributed by atoms with Crippen LogP contribution in [0.15, 0.2) is 84.9 Å². The van der Waals surface area contributed by atoms with Gasteiger partial charge >= 0.3 is 0 Å². The lowest BCUT2D eigenvalue weighted by Crippen LogP contribution is -2.22. The van der Waals surface area contributed by atoms with Crippen LogP contribution in [-0.2, 0) is 6.54 Å². The van der Waals surface area contributed by atoms with Crippen molar-refractivity contribution in [3.63, 3.8) is 0 Å². The molecule has 31 heavy (non-hydrogen) atoms. The summed E-state index contributed by atoms with van der Waals surface area (Å²) in [5.41, 5.74) is 3.40. The van der Waals surface area contributed by atoms with E-state index in [9.17, 15) is 9.18 Å². The molecule has 0 aliphatic heterocycles. The van der Waals surface area contributed by atoms with Gasteiger partial charge in [-0.05, 0) is 60.2 Å². The minimum absolute atomic E-state index is 0.189. The zero-order chi connectivity index (χ0) is 21.6. The van der Waals surface area contributed by atoms with Crippen LogP contribution in [0.4, 0.5) is 15.9 Å². The fraction of sp³-hybridized carbons (Fsp3) is 0.0417. The van der Waals surface area contributed by atoms with Crippen LogP contribution in [0.5, 0.6) is 0 Å². The first-order valence-electron chi connectivity index (χ1n) is 9.56. The van der Waals surface area contributed by atoms with E-state index in [4.69, 9.17) is 11.6 Å². The van der Waals surface area contributed by atoms with Crippen molar-refractivity contribution < 1.29 is 9.18 Å². The molecule has 0 saturated heterocycles. The molecular weight excluding hydrogens is 415 g/mol. The summed E-state index contributed by atoms with van der Waals surface area (Å²) in [5.74, 6) is -0.00216. The molecule has 3 aromatic carbocycles. The Morgan fingerprint density at radius 1 is 0.903 bits per heavy atom. The average Bonchev–Trinajstić information content (AvgIpc) is 2.79. The van der Waals surface area contributed by atoms with Gasteiger partial charge in [-0.3, -0.25) is 4.79 Å². The van der Waals surface area contributed by atoms with Gasteiger partial charge in [-0.15, -0.1) is 10.2 Å². The summed E-state index contributed by atoms with van der Waals surface area (Å²) in [6.07, 6.45) is 0. The van der Waals surface area contributed by atoms with E-state index in [-0.39, 0.29) is 11.7 Å². The number of rotatable bonds is 6. The Kier molecular flexibility index (Phi) is 6.19. The zero-order valence-electron chi connectivity index (χ0n) is 16.3. The first-order chi connectivity index (χ1) is 15.1. The van der Waals surface area contributed by atoms with E-state index in [0.29, 0.717) is 39.9 Å². The maximum atomic E-state index is 13.4. The molecule has 4 rings (SSSR count). The number of benzene rings is 3. The minimum atomic E-state index is -0.326. The van der Waals surface area contributed by atoms with E-state index in [2.05, 4.69) is 20.8 Å². The van der Waals surface area contributed by atoms with Crippen molar-refractivity contribution in [1.29, 1.82) is 0 Å². The first kappa shape index (κ1) is 20.5. The second kappa shape index (κ2) is 9.36. The number of hydrogen-bond acceptors (Lipinski definition) is 4. The van der Waals surface area contributed by atoms with Gasteiger partial charge in [0.25, 0.3) is 5.91 Å². The maximum absolute atomic E-state index is 13.4. The van der Waals surface area contributed by atoms with Crippen LogP contribution in [0.2, 0.25) is 5.02 Å². The topological polar surface area (TPSA) is 66.9 Å². The van der Waals surface area contributed by atoms with Crippen molar-refractivity contribution in [3.05, 3.63) is 107 Å². The number of anilines is 2. The highest BCUT2D eigenvalue weighted by Crippen LogP contribution is 2.20. The summed E-state index contributed by atoms with van der Waals surface area (Å²) >= 11 is 5.88. The van der Waals surface area contributed by atoms with Crippen LogP contribution >= 0.6 is 11.6 Å². The van der Waals surface area contributed by atoms with Crippen molar-refractivity contribution in [2.45, 2.75) is 6.54 Å². The highest BCUT2D eigenvalue weighted by atomic mass is 35.5. The number of nitrogens with one attached hydrogen (secondary N) is 2. The third-order valence-electron chi connectivity index (χ3n) is 4.55. The third kappa shape index (κ3) is 5.43. The molecule has 0 aliphatic rings. The molecule has 0 bridgehead atoms. The standard InChI is InChI=1S/C24H18ClFN4O/c25-19-9-7-16(8-10-19)15-27-24(31)18-4-2-6-21(14-18)28-23-12-11-22(29-30-23)17-3-1-5-20(26)13-17/h1-14H,15H2,(H,27,31)(H,28,30). The molecule has 2 N–H and O–H groups in total. The smallest absolute Gasteiger partial charge is 0.251 e. The van der Waals surface area contributed by atoms with Gasteiger partial charge in [0.1, 0.15) is 5.82 Å². The van der Waals surface area contributed by atoms with E-state index in [1.54, 1.807) is 54.6 Å². The Balaban J connectivity index is 1.41. The van der Waals surface area contributed by atoms with Gasteiger partial charge in [0.2, 0.25) is 0 Å². The second-order valence-electron chi connectivity index (χ2n) is 6.83. The van der Waals surface area contributed by atoms with Crippen molar-refractivity contribution >= 4 is 29.0 Å². The van der Waals surface area contributed by atoms with Gasteiger partial charge < -0.3 is 10.6 Å². The Morgan fingerprint density at radius 2 is 1.71 bits per heavy atom. The van der Waals surface area contributed by atoms with E-state index >= 15 is 0 Å².